The SMILES string of the molecule is Cc1cccn2cc(COc3ccccc3C(=O)NC3CC4CCC(C3)N4)nc12.Cl.Cl. The van der Waals surface area contributed by atoms with Gasteiger partial charge >= 0.3 is 0 Å². The van der Waals surface area contributed by atoms with Crippen LogP contribution in [0.1, 0.15) is 47.3 Å². The van der Waals surface area contributed by atoms with Gasteiger partial charge in [0.05, 0.1) is 11.3 Å². The van der Waals surface area contributed by atoms with Crippen molar-refractivity contribution in [2.45, 2.75) is 57.3 Å². The van der Waals surface area contributed by atoms with Crippen molar-refractivity contribution in [2.75, 3.05) is 0 Å². The maximum atomic E-state index is 12.9. The van der Waals surface area contributed by atoms with Crippen molar-refractivity contribution in [2.24, 2.45) is 0 Å². The van der Waals surface area contributed by atoms with Gasteiger partial charge in [0.1, 0.15) is 18.0 Å². The van der Waals surface area contributed by atoms with Gasteiger partial charge in [0.15, 0.2) is 0 Å². The molecule has 2 aliphatic rings. The number of para-hydroxylation sites is 1. The van der Waals surface area contributed by atoms with Gasteiger partial charge in [-0.05, 0) is 56.4 Å². The Morgan fingerprint density at radius 1 is 1.16 bits per heavy atom. The molecule has 4 heterocycles. The van der Waals surface area contributed by atoms with E-state index in [4.69, 9.17) is 4.74 Å². The number of carbonyl (C=O) groups is 1. The Morgan fingerprint density at radius 2 is 1.90 bits per heavy atom. The molecule has 2 aromatic heterocycles. The van der Waals surface area contributed by atoms with Gasteiger partial charge in [-0.25, -0.2) is 4.98 Å². The van der Waals surface area contributed by atoms with Gasteiger partial charge in [0, 0.05) is 30.5 Å². The zero-order chi connectivity index (χ0) is 19.8. The first-order valence-electron chi connectivity index (χ1n) is 10.4. The van der Waals surface area contributed by atoms with E-state index in [0.29, 0.717) is 30.0 Å². The molecule has 3 aromatic rings. The van der Waals surface area contributed by atoms with Crippen LogP contribution in [0.4, 0.5) is 0 Å². The van der Waals surface area contributed by atoms with Crippen LogP contribution in [0.2, 0.25) is 0 Å². The highest BCUT2D eigenvalue weighted by molar-refractivity contribution is 5.97. The number of hydrogen-bond donors (Lipinski definition) is 2. The molecular weight excluding hydrogens is 435 g/mol. The standard InChI is InChI=1S/C23H26N4O2.2ClH/c1-15-5-4-10-27-13-19(25-22(15)27)14-29-21-7-3-2-6-20(21)23(28)26-18-11-16-8-9-17(12-18)24-16;;/h2-7,10,13,16-18,24H,8-9,11-12,14H2,1H3,(H,26,28);2*1H. The largest absolute Gasteiger partial charge is 0.486 e. The number of pyridine rings is 1. The lowest BCUT2D eigenvalue weighted by Crippen LogP contribution is -2.48. The number of halogens is 2. The van der Waals surface area contributed by atoms with Crippen LogP contribution in [0, 0.1) is 6.92 Å². The molecule has 2 atom stereocenters. The van der Waals surface area contributed by atoms with E-state index in [1.54, 1.807) is 0 Å². The van der Waals surface area contributed by atoms with E-state index in [1.165, 1.54) is 12.8 Å². The fourth-order valence-corrected chi connectivity index (χ4v) is 4.64. The Morgan fingerprint density at radius 3 is 2.65 bits per heavy atom. The highest BCUT2D eigenvalue weighted by Crippen LogP contribution is 2.27. The number of amides is 1. The average molecular weight is 463 g/mol. The van der Waals surface area contributed by atoms with Crippen LogP contribution in [0.3, 0.4) is 0 Å². The van der Waals surface area contributed by atoms with Crippen molar-refractivity contribution in [3.05, 3.63) is 65.6 Å². The number of hydrogen-bond acceptors (Lipinski definition) is 4. The van der Waals surface area contributed by atoms with Crippen LogP contribution in [0.25, 0.3) is 5.65 Å². The Kier molecular flexibility index (Phi) is 7.46. The number of carbonyl (C=O) groups excluding carboxylic acids is 1. The number of rotatable bonds is 5. The number of fused-ring (bicyclic) bond motifs is 3. The summed E-state index contributed by atoms with van der Waals surface area (Å²) in [6.07, 6.45) is 8.39. The van der Waals surface area contributed by atoms with E-state index in [9.17, 15) is 4.79 Å². The van der Waals surface area contributed by atoms with Crippen LogP contribution in [0.5, 0.6) is 5.75 Å². The average Bonchev–Trinajstić information content (AvgIpc) is 3.30. The molecule has 1 aromatic carbocycles. The number of nitrogens with one attached hydrogen (secondary N) is 2. The summed E-state index contributed by atoms with van der Waals surface area (Å²) >= 11 is 0. The third kappa shape index (κ3) is 4.97. The molecule has 166 valence electrons. The molecule has 2 fully saturated rings. The highest BCUT2D eigenvalue weighted by atomic mass is 35.5. The second-order valence-electron chi connectivity index (χ2n) is 8.22. The molecule has 31 heavy (non-hydrogen) atoms. The van der Waals surface area contributed by atoms with Gasteiger partial charge in [-0.15, -0.1) is 24.8 Å². The number of imidazole rings is 1. The zero-order valence-electron chi connectivity index (χ0n) is 17.4. The highest BCUT2D eigenvalue weighted by Gasteiger charge is 2.34. The first-order valence-corrected chi connectivity index (χ1v) is 10.4. The van der Waals surface area contributed by atoms with Crippen LogP contribution in [-0.4, -0.2) is 33.4 Å². The molecule has 0 radical (unpaired) electrons. The number of nitrogens with zero attached hydrogens (tertiary/aromatic N) is 2. The Balaban J connectivity index is 0.00000136. The molecule has 2 saturated heterocycles. The number of ether oxygens (including phenoxy) is 1. The van der Waals surface area contributed by atoms with Crippen molar-refractivity contribution >= 4 is 36.4 Å². The molecule has 8 heteroatoms. The van der Waals surface area contributed by atoms with Gasteiger partial charge in [-0.3, -0.25) is 4.79 Å². The van der Waals surface area contributed by atoms with Crippen LogP contribution in [0.15, 0.2) is 48.8 Å². The van der Waals surface area contributed by atoms with Crippen LogP contribution < -0.4 is 15.4 Å². The Bertz CT molecular complexity index is 1040. The van der Waals surface area contributed by atoms with Gasteiger partial charge < -0.3 is 19.8 Å². The minimum atomic E-state index is -0.0576. The van der Waals surface area contributed by atoms with Crippen molar-refractivity contribution in [1.82, 2.24) is 20.0 Å². The summed E-state index contributed by atoms with van der Waals surface area (Å²) < 4.78 is 8.01. The number of aryl methyl sites for hydroxylation is 1. The minimum absolute atomic E-state index is 0. The summed E-state index contributed by atoms with van der Waals surface area (Å²) in [5, 5.41) is 6.84. The minimum Gasteiger partial charge on any atom is -0.486 e. The molecule has 0 spiro atoms. The summed E-state index contributed by atoms with van der Waals surface area (Å²) in [4.78, 5) is 17.6. The number of aromatic nitrogens is 2. The summed E-state index contributed by atoms with van der Waals surface area (Å²) in [7, 11) is 0. The van der Waals surface area contributed by atoms with Gasteiger partial charge in [-0.2, -0.15) is 0 Å². The fourth-order valence-electron chi connectivity index (χ4n) is 4.64. The third-order valence-corrected chi connectivity index (χ3v) is 6.04. The molecule has 1 amide bonds. The molecule has 2 unspecified atom stereocenters. The van der Waals surface area contributed by atoms with Crippen LogP contribution in [-0.2, 0) is 6.61 Å². The quantitative estimate of drug-likeness (QED) is 0.599. The summed E-state index contributed by atoms with van der Waals surface area (Å²) in [6, 6.07) is 12.8. The van der Waals surface area contributed by atoms with E-state index in [2.05, 4.69) is 15.6 Å². The predicted octanol–water partition coefficient (Wildman–Crippen LogP) is 4.08. The molecule has 2 bridgehead atoms. The third-order valence-electron chi connectivity index (χ3n) is 6.04. The second-order valence-corrected chi connectivity index (χ2v) is 8.22. The molecule has 5 rings (SSSR count). The fraction of sp³-hybridized carbons (Fsp3) is 0.391. The normalized spacial score (nSPS) is 21.8. The molecule has 2 N–H and O–H groups in total. The van der Waals surface area contributed by atoms with E-state index < -0.39 is 0 Å². The molecular formula is C23H28Cl2N4O2. The van der Waals surface area contributed by atoms with E-state index >= 15 is 0 Å². The Labute approximate surface area is 194 Å². The molecule has 2 aliphatic heterocycles. The first kappa shape index (κ1) is 23.4. The van der Waals surface area contributed by atoms with Crippen LogP contribution >= 0.6 is 24.8 Å². The Hall–Kier alpha value is -2.28. The van der Waals surface area contributed by atoms with Gasteiger partial charge in [0.2, 0.25) is 0 Å². The topological polar surface area (TPSA) is 67.7 Å². The van der Waals surface area contributed by atoms with E-state index in [0.717, 1.165) is 29.7 Å². The lowest BCUT2D eigenvalue weighted by Gasteiger charge is -2.29. The molecule has 0 aliphatic carbocycles. The lowest BCUT2D eigenvalue weighted by atomic mass is 9.99. The molecule has 0 saturated carbocycles. The lowest BCUT2D eigenvalue weighted by molar-refractivity contribution is 0.0919. The summed E-state index contributed by atoms with van der Waals surface area (Å²) in [5.41, 5.74) is 3.47. The number of piperidine rings is 1. The predicted molar refractivity (Wildman–Crippen MR) is 126 cm³/mol. The monoisotopic (exact) mass is 462 g/mol. The second kappa shape index (κ2) is 9.90. The number of benzene rings is 1. The van der Waals surface area contributed by atoms with Crippen molar-refractivity contribution in [3.63, 3.8) is 0 Å². The maximum Gasteiger partial charge on any atom is 0.255 e. The molecule has 6 nitrogen and oxygen atoms in total. The maximum absolute atomic E-state index is 12.9. The smallest absolute Gasteiger partial charge is 0.255 e. The summed E-state index contributed by atoms with van der Waals surface area (Å²) in [6.45, 7) is 2.36. The van der Waals surface area contributed by atoms with Gasteiger partial charge in [0.25, 0.3) is 5.91 Å². The van der Waals surface area contributed by atoms with Gasteiger partial charge in [-0.1, -0.05) is 18.2 Å². The zero-order valence-corrected chi connectivity index (χ0v) is 19.0. The van der Waals surface area contributed by atoms with Crippen molar-refractivity contribution < 1.29 is 9.53 Å². The first-order chi connectivity index (χ1) is 14.2. The van der Waals surface area contributed by atoms with E-state index in [1.807, 2.05) is 60.1 Å². The van der Waals surface area contributed by atoms with Crippen molar-refractivity contribution in [3.8, 4) is 5.75 Å². The van der Waals surface area contributed by atoms with E-state index in [-0.39, 0.29) is 36.8 Å². The summed E-state index contributed by atoms with van der Waals surface area (Å²) in [5.74, 6) is 0.536. The van der Waals surface area contributed by atoms with Crippen molar-refractivity contribution in [1.29, 1.82) is 0 Å².